The Labute approximate surface area is 109 Å². The lowest BCUT2D eigenvalue weighted by molar-refractivity contribution is -0.140. The molecular formula is C11H14N4O4. The number of nitrogens with zero attached hydrogens (tertiary/aromatic N) is 1. The number of primary amides is 1. The molecule has 1 atom stereocenters. The Morgan fingerprint density at radius 3 is 2.68 bits per heavy atom. The van der Waals surface area contributed by atoms with Crippen molar-refractivity contribution in [1.82, 2.24) is 10.3 Å². The highest BCUT2D eigenvalue weighted by Gasteiger charge is 2.22. The molecule has 0 aromatic carbocycles. The molecule has 0 spiro atoms. The van der Waals surface area contributed by atoms with Crippen molar-refractivity contribution >= 4 is 23.6 Å². The molecule has 0 saturated heterocycles. The van der Waals surface area contributed by atoms with Crippen LogP contribution in [-0.4, -0.2) is 34.0 Å². The largest absolute Gasteiger partial charge is 0.480 e. The van der Waals surface area contributed by atoms with E-state index in [0.29, 0.717) is 5.69 Å². The summed E-state index contributed by atoms with van der Waals surface area (Å²) in [6, 6.07) is -0.424. The molecule has 1 aromatic heterocycles. The van der Waals surface area contributed by atoms with E-state index in [1.54, 1.807) is 19.2 Å². The van der Waals surface area contributed by atoms with Gasteiger partial charge in [0.05, 0.1) is 18.3 Å². The molecule has 0 radical (unpaired) electrons. The standard InChI is InChI=1S/C11H14N4O4/c1-6-2-3-13-5-8(6)15-11(19)14-7(10(17)18)4-9(12)16/h2-3,5,7H,4H2,1H3,(H2,12,16)(H,17,18)(H2,14,15,19)/t7-/m1/s1. The van der Waals surface area contributed by atoms with Gasteiger partial charge in [0, 0.05) is 6.20 Å². The summed E-state index contributed by atoms with van der Waals surface area (Å²) < 4.78 is 0. The van der Waals surface area contributed by atoms with Gasteiger partial charge >= 0.3 is 12.0 Å². The monoisotopic (exact) mass is 266 g/mol. The van der Waals surface area contributed by atoms with Crippen LogP contribution in [-0.2, 0) is 9.59 Å². The average Bonchev–Trinajstić information content (AvgIpc) is 2.30. The molecule has 1 heterocycles. The number of carboxylic acid groups (broad SMARTS) is 1. The van der Waals surface area contributed by atoms with Gasteiger partial charge in [0.2, 0.25) is 5.91 Å². The average molecular weight is 266 g/mol. The third-order valence-electron chi connectivity index (χ3n) is 2.30. The van der Waals surface area contributed by atoms with Crippen molar-refractivity contribution in [3.8, 4) is 0 Å². The number of aliphatic carboxylic acids is 1. The lowest BCUT2D eigenvalue weighted by atomic mass is 10.2. The molecule has 0 saturated carbocycles. The molecule has 8 nitrogen and oxygen atoms in total. The van der Waals surface area contributed by atoms with Gasteiger partial charge in [0.15, 0.2) is 0 Å². The summed E-state index contributed by atoms with van der Waals surface area (Å²) in [5, 5.41) is 13.4. The Balaban J connectivity index is 2.65. The van der Waals surface area contributed by atoms with Crippen LogP contribution >= 0.6 is 0 Å². The topological polar surface area (TPSA) is 134 Å². The molecule has 0 fully saturated rings. The highest BCUT2D eigenvalue weighted by molar-refractivity contribution is 5.94. The Bertz CT molecular complexity index is 503. The number of carbonyl (C=O) groups excluding carboxylic acids is 2. The zero-order valence-electron chi connectivity index (χ0n) is 10.2. The number of nitrogens with one attached hydrogen (secondary N) is 2. The predicted octanol–water partition coefficient (Wildman–Crippen LogP) is -0.160. The fourth-order valence-corrected chi connectivity index (χ4v) is 1.31. The minimum Gasteiger partial charge on any atom is -0.480 e. The highest BCUT2D eigenvalue weighted by atomic mass is 16.4. The molecule has 0 aliphatic heterocycles. The number of aromatic nitrogens is 1. The third kappa shape index (κ3) is 4.62. The molecular weight excluding hydrogens is 252 g/mol. The smallest absolute Gasteiger partial charge is 0.326 e. The number of hydrogen-bond donors (Lipinski definition) is 4. The van der Waals surface area contributed by atoms with Gasteiger partial charge in [-0.15, -0.1) is 0 Å². The molecule has 0 bridgehead atoms. The quantitative estimate of drug-likeness (QED) is 0.587. The van der Waals surface area contributed by atoms with Crippen LogP contribution in [0.3, 0.4) is 0 Å². The Kier molecular flexibility index (Phi) is 4.81. The van der Waals surface area contributed by atoms with Crippen LogP contribution in [0.2, 0.25) is 0 Å². The number of urea groups is 1. The number of nitrogens with two attached hydrogens (primary N) is 1. The van der Waals surface area contributed by atoms with E-state index in [2.05, 4.69) is 15.6 Å². The van der Waals surface area contributed by atoms with Gasteiger partial charge in [-0.25, -0.2) is 9.59 Å². The number of rotatable bonds is 5. The lowest BCUT2D eigenvalue weighted by Crippen LogP contribution is -2.45. The molecule has 3 amide bonds. The van der Waals surface area contributed by atoms with Gasteiger partial charge in [-0.05, 0) is 18.6 Å². The number of amides is 3. The van der Waals surface area contributed by atoms with E-state index in [4.69, 9.17) is 10.8 Å². The summed E-state index contributed by atoms with van der Waals surface area (Å²) in [6.07, 6.45) is 2.51. The van der Waals surface area contributed by atoms with Crippen LogP contribution in [0.4, 0.5) is 10.5 Å². The van der Waals surface area contributed by atoms with Gasteiger partial charge in [-0.2, -0.15) is 0 Å². The fourth-order valence-electron chi connectivity index (χ4n) is 1.31. The minimum atomic E-state index is -1.37. The molecule has 8 heteroatoms. The number of anilines is 1. The molecule has 1 aromatic rings. The molecule has 19 heavy (non-hydrogen) atoms. The van der Waals surface area contributed by atoms with E-state index in [1.807, 2.05) is 0 Å². The first kappa shape index (κ1) is 14.4. The Hall–Kier alpha value is -2.64. The number of carbonyl (C=O) groups is 3. The second-order valence-corrected chi connectivity index (χ2v) is 3.85. The van der Waals surface area contributed by atoms with Crippen molar-refractivity contribution in [3.63, 3.8) is 0 Å². The van der Waals surface area contributed by atoms with Crippen molar-refractivity contribution in [2.75, 3.05) is 5.32 Å². The first-order valence-corrected chi connectivity index (χ1v) is 5.39. The second-order valence-electron chi connectivity index (χ2n) is 3.85. The van der Waals surface area contributed by atoms with Crippen LogP contribution in [0.5, 0.6) is 0 Å². The van der Waals surface area contributed by atoms with E-state index >= 15 is 0 Å². The zero-order valence-corrected chi connectivity index (χ0v) is 10.2. The zero-order chi connectivity index (χ0) is 14.4. The normalized spacial score (nSPS) is 11.4. The van der Waals surface area contributed by atoms with Gasteiger partial charge in [0.1, 0.15) is 6.04 Å². The maximum Gasteiger partial charge on any atom is 0.326 e. The van der Waals surface area contributed by atoms with Crippen molar-refractivity contribution in [2.45, 2.75) is 19.4 Å². The third-order valence-corrected chi connectivity index (χ3v) is 2.30. The predicted molar refractivity (Wildman–Crippen MR) is 66.4 cm³/mol. The van der Waals surface area contributed by atoms with Crippen LogP contribution in [0.25, 0.3) is 0 Å². The first-order valence-electron chi connectivity index (χ1n) is 5.39. The SMILES string of the molecule is Cc1ccncc1NC(=O)N[C@H](CC(N)=O)C(=O)O. The Morgan fingerprint density at radius 2 is 2.16 bits per heavy atom. The number of hydrogen-bond acceptors (Lipinski definition) is 4. The molecule has 0 aliphatic rings. The minimum absolute atomic E-state index is 0.447. The van der Waals surface area contributed by atoms with Gasteiger partial charge in [-0.3, -0.25) is 9.78 Å². The van der Waals surface area contributed by atoms with E-state index in [9.17, 15) is 14.4 Å². The molecule has 5 N–H and O–H groups in total. The molecule has 0 aliphatic carbocycles. The Morgan fingerprint density at radius 1 is 1.47 bits per heavy atom. The van der Waals surface area contributed by atoms with Crippen LogP contribution in [0.15, 0.2) is 18.5 Å². The molecule has 102 valence electrons. The number of pyridine rings is 1. The van der Waals surface area contributed by atoms with E-state index in [1.165, 1.54) is 6.20 Å². The highest BCUT2D eigenvalue weighted by Crippen LogP contribution is 2.10. The summed E-state index contributed by atoms with van der Waals surface area (Å²) in [7, 11) is 0. The number of aryl methyl sites for hydroxylation is 1. The first-order chi connectivity index (χ1) is 8.90. The van der Waals surface area contributed by atoms with Gasteiger partial charge in [0.25, 0.3) is 0 Å². The maximum atomic E-state index is 11.6. The summed E-state index contributed by atoms with van der Waals surface area (Å²) >= 11 is 0. The van der Waals surface area contributed by atoms with E-state index in [-0.39, 0.29) is 0 Å². The van der Waals surface area contributed by atoms with Gasteiger partial charge < -0.3 is 21.5 Å². The van der Waals surface area contributed by atoms with Crippen LogP contribution in [0, 0.1) is 6.92 Å². The van der Waals surface area contributed by atoms with E-state index < -0.39 is 30.4 Å². The van der Waals surface area contributed by atoms with Crippen molar-refractivity contribution in [1.29, 1.82) is 0 Å². The summed E-state index contributed by atoms with van der Waals surface area (Å²) in [4.78, 5) is 36.9. The number of carboxylic acids is 1. The van der Waals surface area contributed by atoms with Crippen molar-refractivity contribution < 1.29 is 19.5 Å². The molecule has 0 unspecified atom stereocenters. The lowest BCUT2D eigenvalue weighted by Gasteiger charge is -2.14. The maximum absolute atomic E-state index is 11.6. The summed E-state index contributed by atoms with van der Waals surface area (Å²) in [6.45, 7) is 1.76. The second kappa shape index (κ2) is 6.34. The summed E-state index contributed by atoms with van der Waals surface area (Å²) in [5.74, 6) is -2.15. The van der Waals surface area contributed by atoms with Crippen LogP contribution in [0.1, 0.15) is 12.0 Å². The van der Waals surface area contributed by atoms with Gasteiger partial charge in [-0.1, -0.05) is 0 Å². The van der Waals surface area contributed by atoms with Crippen molar-refractivity contribution in [2.24, 2.45) is 5.73 Å². The van der Waals surface area contributed by atoms with Crippen molar-refractivity contribution in [3.05, 3.63) is 24.0 Å². The fraction of sp³-hybridized carbons (Fsp3) is 0.273. The summed E-state index contributed by atoms with van der Waals surface area (Å²) in [5.41, 5.74) is 6.12. The van der Waals surface area contributed by atoms with E-state index in [0.717, 1.165) is 5.56 Å². The molecule has 1 rings (SSSR count). The van der Waals surface area contributed by atoms with Crippen LogP contribution < -0.4 is 16.4 Å².